The van der Waals surface area contributed by atoms with Gasteiger partial charge in [0, 0.05) is 0 Å². The number of imidazole rings is 1. The molecule has 0 unspecified atom stereocenters. The Labute approximate surface area is 88.4 Å². The van der Waals surface area contributed by atoms with Gasteiger partial charge in [-0.05, 0) is 31.9 Å². The van der Waals surface area contributed by atoms with Gasteiger partial charge in [-0.3, -0.25) is 0 Å². The Hall–Kier alpha value is -1.35. The zero-order valence-corrected chi connectivity index (χ0v) is 8.72. The Morgan fingerprint density at radius 1 is 1.33 bits per heavy atom. The second-order valence-electron chi connectivity index (χ2n) is 4.23. The van der Waals surface area contributed by atoms with Gasteiger partial charge >= 0.3 is 0 Å². The summed E-state index contributed by atoms with van der Waals surface area (Å²) in [6.45, 7) is 2.00. The summed E-state index contributed by atoms with van der Waals surface area (Å²) in [4.78, 5) is 4.50. The lowest BCUT2D eigenvalue weighted by Crippen LogP contribution is -2.34. The molecule has 1 aliphatic rings. The molecule has 0 aliphatic heterocycles. The zero-order chi connectivity index (χ0) is 10.4. The van der Waals surface area contributed by atoms with Crippen LogP contribution in [0.5, 0.6) is 0 Å². The van der Waals surface area contributed by atoms with E-state index >= 15 is 0 Å². The minimum atomic E-state index is -0.193. The third-order valence-electron chi connectivity index (χ3n) is 3.31. The average Bonchev–Trinajstić information content (AvgIpc) is 2.54. The van der Waals surface area contributed by atoms with Crippen molar-refractivity contribution in [3.05, 3.63) is 30.1 Å². The topological polar surface area (TPSA) is 38.0 Å². The van der Waals surface area contributed by atoms with Crippen molar-refractivity contribution in [1.29, 1.82) is 0 Å². The summed E-state index contributed by atoms with van der Waals surface area (Å²) in [6.07, 6.45) is 1.78. The van der Waals surface area contributed by atoms with Crippen LogP contribution >= 0.6 is 0 Å². The molecule has 1 aromatic heterocycles. The molecule has 3 rings (SSSR count). The van der Waals surface area contributed by atoms with E-state index in [9.17, 15) is 5.11 Å². The molecule has 0 radical (unpaired) electrons. The fraction of sp³-hybridized carbons (Fsp3) is 0.417. The molecular weight excluding hydrogens is 188 g/mol. The van der Waals surface area contributed by atoms with E-state index in [1.807, 2.05) is 25.1 Å². The van der Waals surface area contributed by atoms with Gasteiger partial charge in [-0.25, -0.2) is 4.98 Å². The molecule has 3 nitrogen and oxygen atoms in total. The standard InChI is InChI=1S/C12H14N2O/c1-8-13-9-4-2-3-5-10(9)14(8)11-6-7-12(11)15/h2-5,11-12,15H,6-7H2,1H3/t11-,12-/m1/s1. The molecular formula is C12H14N2O. The Balaban J connectivity index is 2.20. The van der Waals surface area contributed by atoms with E-state index in [-0.39, 0.29) is 12.1 Å². The van der Waals surface area contributed by atoms with Gasteiger partial charge in [0.2, 0.25) is 0 Å². The minimum Gasteiger partial charge on any atom is -0.391 e. The van der Waals surface area contributed by atoms with Crippen molar-refractivity contribution in [2.75, 3.05) is 0 Å². The van der Waals surface area contributed by atoms with Gasteiger partial charge in [0.1, 0.15) is 5.82 Å². The number of nitrogens with zero attached hydrogens (tertiary/aromatic N) is 2. The van der Waals surface area contributed by atoms with Crippen molar-refractivity contribution in [3.8, 4) is 0 Å². The molecule has 78 valence electrons. The van der Waals surface area contributed by atoms with E-state index in [0.717, 1.165) is 29.7 Å². The van der Waals surface area contributed by atoms with Gasteiger partial charge in [0.15, 0.2) is 0 Å². The number of fused-ring (bicyclic) bond motifs is 1. The van der Waals surface area contributed by atoms with Crippen LogP contribution in [0.2, 0.25) is 0 Å². The largest absolute Gasteiger partial charge is 0.391 e. The van der Waals surface area contributed by atoms with Gasteiger partial charge in [-0.15, -0.1) is 0 Å². The molecule has 0 saturated heterocycles. The molecule has 1 N–H and O–H groups in total. The van der Waals surface area contributed by atoms with Gasteiger partial charge in [0.05, 0.1) is 23.2 Å². The predicted octanol–water partition coefficient (Wildman–Crippen LogP) is 2.04. The van der Waals surface area contributed by atoms with Crippen molar-refractivity contribution in [1.82, 2.24) is 9.55 Å². The van der Waals surface area contributed by atoms with Gasteiger partial charge in [-0.2, -0.15) is 0 Å². The Morgan fingerprint density at radius 3 is 2.80 bits per heavy atom. The number of aromatic nitrogens is 2. The lowest BCUT2D eigenvalue weighted by molar-refractivity contribution is 0.0326. The van der Waals surface area contributed by atoms with Crippen LogP contribution in [0.15, 0.2) is 24.3 Å². The quantitative estimate of drug-likeness (QED) is 0.768. The first-order chi connectivity index (χ1) is 7.27. The average molecular weight is 202 g/mol. The van der Waals surface area contributed by atoms with Gasteiger partial charge < -0.3 is 9.67 Å². The van der Waals surface area contributed by atoms with Crippen LogP contribution in [-0.4, -0.2) is 20.8 Å². The highest BCUT2D eigenvalue weighted by atomic mass is 16.3. The van der Waals surface area contributed by atoms with Crippen LogP contribution < -0.4 is 0 Å². The molecule has 3 heteroatoms. The van der Waals surface area contributed by atoms with Crippen molar-refractivity contribution in [2.45, 2.75) is 31.9 Å². The number of aliphatic hydroxyl groups is 1. The fourth-order valence-corrected chi connectivity index (χ4v) is 2.35. The number of hydrogen-bond donors (Lipinski definition) is 1. The molecule has 1 aromatic carbocycles. The van der Waals surface area contributed by atoms with Crippen LogP contribution in [0.25, 0.3) is 11.0 Å². The number of aliphatic hydroxyl groups excluding tert-OH is 1. The molecule has 1 heterocycles. The molecule has 15 heavy (non-hydrogen) atoms. The van der Waals surface area contributed by atoms with E-state index in [0.29, 0.717) is 0 Å². The highest BCUT2D eigenvalue weighted by Crippen LogP contribution is 2.35. The lowest BCUT2D eigenvalue weighted by Gasteiger charge is -2.34. The summed E-state index contributed by atoms with van der Waals surface area (Å²) < 4.78 is 2.17. The maximum absolute atomic E-state index is 9.71. The summed E-state index contributed by atoms with van der Waals surface area (Å²) in [6, 6.07) is 8.34. The van der Waals surface area contributed by atoms with Gasteiger partial charge in [0.25, 0.3) is 0 Å². The lowest BCUT2D eigenvalue weighted by atomic mass is 9.89. The number of hydrogen-bond acceptors (Lipinski definition) is 2. The van der Waals surface area contributed by atoms with Crippen LogP contribution in [0.3, 0.4) is 0 Å². The summed E-state index contributed by atoms with van der Waals surface area (Å²) in [5.41, 5.74) is 2.16. The third kappa shape index (κ3) is 1.20. The van der Waals surface area contributed by atoms with Crippen LogP contribution in [0, 0.1) is 6.92 Å². The molecule has 1 aliphatic carbocycles. The predicted molar refractivity (Wildman–Crippen MR) is 58.7 cm³/mol. The monoisotopic (exact) mass is 202 g/mol. The van der Waals surface area contributed by atoms with Crippen molar-refractivity contribution < 1.29 is 5.11 Å². The van der Waals surface area contributed by atoms with Crippen LogP contribution in [-0.2, 0) is 0 Å². The first kappa shape index (κ1) is 8.92. The van der Waals surface area contributed by atoms with E-state index in [4.69, 9.17) is 0 Å². The molecule has 0 bridgehead atoms. The smallest absolute Gasteiger partial charge is 0.107 e. The molecule has 0 amide bonds. The van der Waals surface area contributed by atoms with E-state index in [1.165, 1.54) is 0 Å². The first-order valence-electron chi connectivity index (χ1n) is 5.39. The zero-order valence-electron chi connectivity index (χ0n) is 8.72. The van der Waals surface area contributed by atoms with Crippen LogP contribution in [0.1, 0.15) is 24.7 Å². The highest BCUT2D eigenvalue weighted by molar-refractivity contribution is 5.76. The summed E-state index contributed by atoms with van der Waals surface area (Å²) in [7, 11) is 0. The number of benzene rings is 1. The molecule has 1 saturated carbocycles. The van der Waals surface area contributed by atoms with Crippen molar-refractivity contribution in [3.63, 3.8) is 0 Å². The molecule has 2 aromatic rings. The van der Waals surface area contributed by atoms with Crippen molar-refractivity contribution >= 4 is 11.0 Å². The summed E-state index contributed by atoms with van der Waals surface area (Å²) in [5.74, 6) is 1.000. The first-order valence-corrected chi connectivity index (χ1v) is 5.39. The fourth-order valence-electron chi connectivity index (χ4n) is 2.35. The number of para-hydroxylation sites is 2. The van der Waals surface area contributed by atoms with E-state index in [2.05, 4.69) is 15.6 Å². The second-order valence-corrected chi connectivity index (χ2v) is 4.23. The summed E-state index contributed by atoms with van der Waals surface area (Å²) in [5, 5.41) is 9.71. The highest BCUT2D eigenvalue weighted by Gasteiger charge is 2.32. The van der Waals surface area contributed by atoms with E-state index < -0.39 is 0 Å². The maximum atomic E-state index is 9.71. The van der Waals surface area contributed by atoms with Gasteiger partial charge in [-0.1, -0.05) is 12.1 Å². The SMILES string of the molecule is Cc1nc2ccccc2n1[C@@H]1CC[C@H]1O. The Morgan fingerprint density at radius 2 is 2.13 bits per heavy atom. The third-order valence-corrected chi connectivity index (χ3v) is 3.31. The maximum Gasteiger partial charge on any atom is 0.107 e. The minimum absolute atomic E-state index is 0.193. The Kier molecular flexibility index (Phi) is 1.83. The van der Waals surface area contributed by atoms with E-state index in [1.54, 1.807) is 0 Å². The normalized spacial score (nSPS) is 25.5. The van der Waals surface area contributed by atoms with Crippen molar-refractivity contribution in [2.24, 2.45) is 0 Å². The number of rotatable bonds is 1. The summed E-state index contributed by atoms with van der Waals surface area (Å²) >= 11 is 0. The molecule has 2 atom stereocenters. The molecule has 0 spiro atoms. The second kappa shape index (κ2) is 3.07. The molecule has 1 fully saturated rings. The van der Waals surface area contributed by atoms with Crippen LogP contribution in [0.4, 0.5) is 0 Å². The Bertz CT molecular complexity index is 503. The number of aryl methyl sites for hydroxylation is 1.